The first-order valence-electron chi connectivity index (χ1n) is 5.67. The van der Waals surface area contributed by atoms with Crippen LogP contribution < -0.4 is 0 Å². The summed E-state index contributed by atoms with van der Waals surface area (Å²) in [6.45, 7) is 1.18. The molecule has 13 heavy (non-hydrogen) atoms. The molecule has 2 heteroatoms. The minimum absolute atomic E-state index is 0.0388. The fraction of sp³-hybridized carbons (Fsp3) is 1.00. The summed E-state index contributed by atoms with van der Waals surface area (Å²) in [6.07, 6.45) is 7.63. The van der Waals surface area contributed by atoms with E-state index in [1.165, 1.54) is 45.1 Å². The Kier molecular flexibility index (Phi) is 2.89. The van der Waals surface area contributed by atoms with Gasteiger partial charge in [0.1, 0.15) is 0 Å². The standard InChI is InChI=1S/C11H21NO/c1-12-8-4-2-3-5-10(12)11(13)9-6-7-9/h9-11,13H,2-8H2,1H3. The van der Waals surface area contributed by atoms with E-state index in [1.54, 1.807) is 0 Å². The summed E-state index contributed by atoms with van der Waals surface area (Å²) < 4.78 is 0. The normalized spacial score (nSPS) is 34.2. The molecule has 2 nitrogen and oxygen atoms in total. The number of rotatable bonds is 2. The maximum Gasteiger partial charge on any atom is 0.0723 e. The van der Waals surface area contributed by atoms with Crippen molar-refractivity contribution in [3.8, 4) is 0 Å². The topological polar surface area (TPSA) is 23.5 Å². The molecule has 1 aliphatic heterocycles. The number of aliphatic hydroxyl groups excluding tert-OH is 1. The van der Waals surface area contributed by atoms with Crippen molar-refractivity contribution in [3.05, 3.63) is 0 Å². The van der Waals surface area contributed by atoms with Gasteiger partial charge >= 0.3 is 0 Å². The summed E-state index contributed by atoms with van der Waals surface area (Å²) in [6, 6.07) is 0.454. The predicted molar refractivity (Wildman–Crippen MR) is 53.6 cm³/mol. The third-order valence-corrected chi connectivity index (χ3v) is 3.58. The first-order chi connectivity index (χ1) is 6.29. The van der Waals surface area contributed by atoms with Crippen LogP contribution in [0.2, 0.25) is 0 Å². The van der Waals surface area contributed by atoms with Crippen LogP contribution in [-0.2, 0) is 0 Å². The number of aliphatic hydroxyl groups is 1. The van der Waals surface area contributed by atoms with Crippen LogP contribution in [0.15, 0.2) is 0 Å². The molecule has 0 bridgehead atoms. The second-order valence-corrected chi connectivity index (χ2v) is 4.73. The van der Waals surface area contributed by atoms with Gasteiger partial charge in [-0.05, 0) is 45.2 Å². The third-order valence-electron chi connectivity index (χ3n) is 3.58. The Balaban J connectivity index is 1.92. The number of nitrogens with zero attached hydrogens (tertiary/aromatic N) is 1. The fourth-order valence-corrected chi connectivity index (χ4v) is 2.46. The predicted octanol–water partition coefficient (Wildman–Crippen LogP) is 1.63. The molecule has 1 N–H and O–H groups in total. The minimum Gasteiger partial charge on any atom is -0.391 e. The summed E-state index contributed by atoms with van der Waals surface area (Å²) >= 11 is 0. The van der Waals surface area contributed by atoms with Crippen molar-refractivity contribution in [2.45, 2.75) is 50.7 Å². The Morgan fingerprint density at radius 1 is 1.15 bits per heavy atom. The van der Waals surface area contributed by atoms with E-state index in [2.05, 4.69) is 11.9 Å². The van der Waals surface area contributed by atoms with Gasteiger partial charge in [0.15, 0.2) is 0 Å². The summed E-state index contributed by atoms with van der Waals surface area (Å²) in [5, 5.41) is 10.1. The highest BCUT2D eigenvalue weighted by Crippen LogP contribution is 2.36. The maximum atomic E-state index is 10.1. The van der Waals surface area contributed by atoms with Gasteiger partial charge in [-0.2, -0.15) is 0 Å². The Hall–Kier alpha value is -0.0800. The fourth-order valence-electron chi connectivity index (χ4n) is 2.46. The molecule has 2 unspecified atom stereocenters. The zero-order valence-corrected chi connectivity index (χ0v) is 8.58. The lowest BCUT2D eigenvalue weighted by Gasteiger charge is -2.30. The van der Waals surface area contributed by atoms with E-state index in [1.807, 2.05) is 0 Å². The van der Waals surface area contributed by atoms with Gasteiger partial charge in [-0.1, -0.05) is 12.8 Å². The Morgan fingerprint density at radius 3 is 2.62 bits per heavy atom. The van der Waals surface area contributed by atoms with Gasteiger partial charge in [-0.25, -0.2) is 0 Å². The quantitative estimate of drug-likeness (QED) is 0.703. The van der Waals surface area contributed by atoms with E-state index in [0.717, 1.165) is 0 Å². The van der Waals surface area contributed by atoms with Crippen molar-refractivity contribution >= 4 is 0 Å². The molecule has 0 radical (unpaired) electrons. The van der Waals surface area contributed by atoms with Crippen LogP contribution in [0.5, 0.6) is 0 Å². The average Bonchev–Trinajstić information content (AvgIpc) is 2.89. The summed E-state index contributed by atoms with van der Waals surface area (Å²) in [7, 11) is 2.17. The second-order valence-electron chi connectivity index (χ2n) is 4.73. The van der Waals surface area contributed by atoms with Crippen molar-refractivity contribution in [1.82, 2.24) is 4.90 Å². The number of likely N-dealkylation sites (N-methyl/N-ethyl adjacent to an activating group) is 1. The molecule has 2 aliphatic rings. The van der Waals surface area contributed by atoms with E-state index in [9.17, 15) is 5.11 Å². The van der Waals surface area contributed by atoms with Crippen molar-refractivity contribution in [2.24, 2.45) is 5.92 Å². The van der Waals surface area contributed by atoms with E-state index < -0.39 is 0 Å². The first-order valence-corrected chi connectivity index (χ1v) is 5.67. The lowest BCUT2D eigenvalue weighted by Crippen LogP contribution is -2.41. The monoisotopic (exact) mass is 183 g/mol. The van der Waals surface area contributed by atoms with Crippen LogP contribution in [-0.4, -0.2) is 35.7 Å². The molecule has 0 aromatic rings. The molecule has 2 fully saturated rings. The third kappa shape index (κ3) is 2.23. The maximum absolute atomic E-state index is 10.1. The summed E-state index contributed by atoms with van der Waals surface area (Å²) in [5.74, 6) is 0.630. The Bertz CT molecular complexity index is 167. The van der Waals surface area contributed by atoms with E-state index >= 15 is 0 Å². The van der Waals surface area contributed by atoms with Gasteiger partial charge in [0.2, 0.25) is 0 Å². The van der Waals surface area contributed by atoms with E-state index in [0.29, 0.717) is 12.0 Å². The minimum atomic E-state index is -0.0388. The number of hydrogen-bond donors (Lipinski definition) is 1. The molecule has 2 rings (SSSR count). The van der Waals surface area contributed by atoms with Crippen molar-refractivity contribution in [1.29, 1.82) is 0 Å². The lowest BCUT2D eigenvalue weighted by atomic mass is 10.0. The van der Waals surface area contributed by atoms with Crippen molar-refractivity contribution in [3.63, 3.8) is 0 Å². The zero-order chi connectivity index (χ0) is 9.26. The van der Waals surface area contributed by atoms with Crippen LogP contribution >= 0.6 is 0 Å². The SMILES string of the molecule is CN1CCCCCC1C(O)C1CC1. The van der Waals surface area contributed by atoms with Crippen molar-refractivity contribution < 1.29 is 5.11 Å². The van der Waals surface area contributed by atoms with Crippen LogP contribution in [0.25, 0.3) is 0 Å². The number of likely N-dealkylation sites (tertiary alicyclic amines) is 1. The molecule has 76 valence electrons. The first kappa shape index (κ1) is 9.47. The molecule has 2 atom stereocenters. The molecule has 1 saturated heterocycles. The molecule has 0 aromatic carbocycles. The van der Waals surface area contributed by atoms with E-state index in [-0.39, 0.29) is 6.10 Å². The van der Waals surface area contributed by atoms with Gasteiger partial charge in [-0.3, -0.25) is 0 Å². The van der Waals surface area contributed by atoms with Gasteiger partial charge in [0, 0.05) is 6.04 Å². The highest BCUT2D eigenvalue weighted by Gasteiger charge is 2.36. The van der Waals surface area contributed by atoms with Crippen molar-refractivity contribution in [2.75, 3.05) is 13.6 Å². The molecule has 1 heterocycles. The smallest absolute Gasteiger partial charge is 0.0723 e. The largest absolute Gasteiger partial charge is 0.391 e. The lowest BCUT2D eigenvalue weighted by molar-refractivity contribution is 0.0476. The summed E-state index contributed by atoms with van der Waals surface area (Å²) in [5.41, 5.74) is 0. The molecule has 1 saturated carbocycles. The number of hydrogen-bond acceptors (Lipinski definition) is 2. The highest BCUT2D eigenvalue weighted by atomic mass is 16.3. The summed E-state index contributed by atoms with van der Waals surface area (Å²) in [4.78, 5) is 2.37. The van der Waals surface area contributed by atoms with Gasteiger partial charge < -0.3 is 10.0 Å². The van der Waals surface area contributed by atoms with Crippen LogP contribution in [0.3, 0.4) is 0 Å². The molecular weight excluding hydrogens is 162 g/mol. The zero-order valence-electron chi connectivity index (χ0n) is 8.58. The van der Waals surface area contributed by atoms with Crippen LogP contribution in [0.4, 0.5) is 0 Å². The van der Waals surface area contributed by atoms with Gasteiger partial charge in [0.25, 0.3) is 0 Å². The Morgan fingerprint density at radius 2 is 1.92 bits per heavy atom. The van der Waals surface area contributed by atoms with Gasteiger partial charge in [0.05, 0.1) is 6.10 Å². The Labute approximate surface area is 80.9 Å². The molecular formula is C11H21NO. The van der Waals surface area contributed by atoms with Gasteiger partial charge in [-0.15, -0.1) is 0 Å². The highest BCUT2D eigenvalue weighted by molar-refractivity contribution is 4.90. The second kappa shape index (κ2) is 3.97. The van der Waals surface area contributed by atoms with E-state index in [4.69, 9.17) is 0 Å². The van der Waals surface area contributed by atoms with Crippen LogP contribution in [0.1, 0.15) is 38.5 Å². The molecule has 0 spiro atoms. The van der Waals surface area contributed by atoms with Crippen LogP contribution in [0, 0.1) is 5.92 Å². The molecule has 1 aliphatic carbocycles. The molecule has 0 aromatic heterocycles. The molecule has 0 amide bonds. The average molecular weight is 183 g/mol.